The summed E-state index contributed by atoms with van der Waals surface area (Å²) in [5, 5.41) is 3.45. The van der Waals surface area contributed by atoms with Crippen molar-refractivity contribution in [3.8, 4) is 0 Å². The predicted octanol–water partition coefficient (Wildman–Crippen LogP) is 2.61. The summed E-state index contributed by atoms with van der Waals surface area (Å²) in [4.78, 5) is 4.66. The van der Waals surface area contributed by atoms with E-state index in [1.54, 1.807) is 12.1 Å². The Bertz CT molecular complexity index is 467. The summed E-state index contributed by atoms with van der Waals surface area (Å²) in [5.41, 5.74) is 2.03. The van der Waals surface area contributed by atoms with Gasteiger partial charge in [-0.3, -0.25) is 0 Å². The lowest BCUT2D eigenvalue weighted by Crippen LogP contribution is -2.31. The molecule has 116 valence electrons. The van der Waals surface area contributed by atoms with E-state index in [0.717, 1.165) is 30.9 Å². The molecule has 4 heteroatoms. The Morgan fingerprint density at radius 3 is 2.71 bits per heavy atom. The smallest absolute Gasteiger partial charge is 0.125 e. The van der Waals surface area contributed by atoms with Gasteiger partial charge in [-0.05, 0) is 62.5 Å². The molecule has 0 unspecified atom stereocenters. The Balaban J connectivity index is 1.56. The summed E-state index contributed by atoms with van der Waals surface area (Å²) in [5.74, 6) is -0.131. The zero-order chi connectivity index (χ0) is 14.7. The summed E-state index contributed by atoms with van der Waals surface area (Å²) >= 11 is 0. The molecule has 0 amide bonds. The largest absolute Gasteiger partial charge is 0.373 e. The van der Waals surface area contributed by atoms with E-state index < -0.39 is 0 Å². The van der Waals surface area contributed by atoms with Crippen molar-refractivity contribution in [1.29, 1.82) is 0 Å². The Hall–Kier alpha value is -1.13. The number of likely N-dealkylation sites (N-methyl/N-ethyl adjacent to an activating group) is 1. The molecule has 0 bridgehead atoms. The number of hydrogen-bond acceptors (Lipinski definition) is 3. The highest BCUT2D eigenvalue weighted by Crippen LogP contribution is 2.21. The number of hydrogen-bond donors (Lipinski definition) is 1. The first kappa shape index (κ1) is 14.8. The van der Waals surface area contributed by atoms with Crippen LogP contribution in [0.2, 0.25) is 0 Å². The number of likely N-dealkylation sites (tertiary alicyclic amines) is 1. The maximum absolute atomic E-state index is 13.8. The average Bonchev–Trinajstić information content (AvgIpc) is 3.16. The minimum atomic E-state index is -0.131. The second-order valence-corrected chi connectivity index (χ2v) is 6.44. The molecule has 2 fully saturated rings. The van der Waals surface area contributed by atoms with Gasteiger partial charge in [-0.1, -0.05) is 0 Å². The molecule has 1 aromatic carbocycles. The fourth-order valence-corrected chi connectivity index (χ4v) is 2.93. The van der Waals surface area contributed by atoms with Crippen LogP contribution < -0.4 is 10.2 Å². The monoisotopic (exact) mass is 291 g/mol. The number of halogens is 1. The van der Waals surface area contributed by atoms with Crippen molar-refractivity contribution in [2.45, 2.75) is 38.3 Å². The number of rotatable bonds is 7. The van der Waals surface area contributed by atoms with Gasteiger partial charge in [0.1, 0.15) is 5.82 Å². The molecule has 0 atom stereocenters. The second-order valence-electron chi connectivity index (χ2n) is 6.44. The maximum Gasteiger partial charge on any atom is 0.125 e. The Labute approximate surface area is 127 Å². The van der Waals surface area contributed by atoms with E-state index in [-0.39, 0.29) is 5.82 Å². The molecule has 3 nitrogen and oxygen atoms in total. The minimum Gasteiger partial charge on any atom is -0.373 e. The van der Waals surface area contributed by atoms with Crippen LogP contribution in [0, 0.1) is 5.82 Å². The summed E-state index contributed by atoms with van der Waals surface area (Å²) in [6, 6.07) is 6.06. The predicted molar refractivity (Wildman–Crippen MR) is 85.2 cm³/mol. The van der Waals surface area contributed by atoms with Gasteiger partial charge in [-0.25, -0.2) is 4.39 Å². The third-order valence-electron chi connectivity index (χ3n) is 4.51. The summed E-state index contributed by atoms with van der Waals surface area (Å²) < 4.78 is 13.8. The molecule has 21 heavy (non-hydrogen) atoms. The van der Waals surface area contributed by atoms with Crippen LogP contribution >= 0.6 is 0 Å². The number of nitrogens with one attached hydrogen (secondary N) is 1. The molecular formula is C17H26FN3. The number of nitrogens with zero attached hydrogens (tertiary/aromatic N) is 2. The van der Waals surface area contributed by atoms with Gasteiger partial charge in [0.05, 0.1) is 0 Å². The molecule has 0 aromatic heterocycles. The van der Waals surface area contributed by atoms with Gasteiger partial charge in [0.15, 0.2) is 0 Å². The van der Waals surface area contributed by atoms with Gasteiger partial charge in [-0.15, -0.1) is 0 Å². The van der Waals surface area contributed by atoms with Crippen LogP contribution in [0.25, 0.3) is 0 Å². The van der Waals surface area contributed by atoms with E-state index >= 15 is 0 Å². The first-order chi connectivity index (χ1) is 10.2. The highest BCUT2D eigenvalue weighted by molar-refractivity contribution is 5.48. The molecular weight excluding hydrogens is 265 g/mol. The van der Waals surface area contributed by atoms with E-state index in [0.29, 0.717) is 6.04 Å². The third-order valence-corrected chi connectivity index (χ3v) is 4.51. The van der Waals surface area contributed by atoms with Crippen LogP contribution in [0.3, 0.4) is 0 Å². The van der Waals surface area contributed by atoms with Crippen LogP contribution in [0.1, 0.15) is 31.2 Å². The van der Waals surface area contributed by atoms with Crippen LogP contribution in [-0.4, -0.2) is 44.2 Å². The van der Waals surface area contributed by atoms with E-state index in [1.165, 1.54) is 38.8 Å². The van der Waals surface area contributed by atoms with Gasteiger partial charge in [0.25, 0.3) is 0 Å². The lowest BCUT2D eigenvalue weighted by atomic mass is 10.1. The molecule has 3 rings (SSSR count). The summed E-state index contributed by atoms with van der Waals surface area (Å²) in [6.45, 7) is 5.23. The van der Waals surface area contributed by atoms with E-state index in [2.05, 4.69) is 28.2 Å². The first-order valence-corrected chi connectivity index (χ1v) is 8.17. The van der Waals surface area contributed by atoms with Crippen molar-refractivity contribution in [3.05, 3.63) is 29.6 Å². The molecule has 1 aromatic rings. The summed E-state index contributed by atoms with van der Waals surface area (Å²) in [7, 11) is 2.06. The maximum atomic E-state index is 13.8. The highest BCUT2D eigenvalue weighted by atomic mass is 19.1. The molecule has 1 saturated carbocycles. The normalized spacial score (nSPS) is 19.1. The second kappa shape index (κ2) is 6.75. The number of anilines is 1. The van der Waals surface area contributed by atoms with Gasteiger partial charge >= 0.3 is 0 Å². The standard InChI is InChI=1S/C17H26FN3/c1-20(8-9-21-6-2-3-7-21)17-11-14(10-15(18)12-17)13-19-16-4-5-16/h10-12,16,19H,2-9,13H2,1H3. The molecule has 0 radical (unpaired) electrons. The molecule has 1 saturated heterocycles. The molecule has 1 N–H and O–H groups in total. The van der Waals surface area contributed by atoms with E-state index in [4.69, 9.17) is 0 Å². The average molecular weight is 291 g/mol. The first-order valence-electron chi connectivity index (χ1n) is 8.17. The van der Waals surface area contributed by atoms with Crippen molar-refractivity contribution < 1.29 is 4.39 Å². The quantitative estimate of drug-likeness (QED) is 0.833. The molecule has 2 aliphatic rings. The summed E-state index contributed by atoms with van der Waals surface area (Å²) in [6.07, 6.45) is 5.16. The molecule has 1 aliphatic carbocycles. The Kier molecular flexibility index (Phi) is 4.76. The Morgan fingerprint density at radius 1 is 1.24 bits per heavy atom. The fourth-order valence-electron chi connectivity index (χ4n) is 2.93. The van der Waals surface area contributed by atoms with Gasteiger partial charge in [-0.2, -0.15) is 0 Å². The molecule has 1 heterocycles. The van der Waals surface area contributed by atoms with Gasteiger partial charge in [0.2, 0.25) is 0 Å². The molecule has 1 aliphatic heterocycles. The van der Waals surface area contributed by atoms with Crippen molar-refractivity contribution in [2.75, 3.05) is 38.1 Å². The van der Waals surface area contributed by atoms with Crippen LogP contribution in [-0.2, 0) is 6.54 Å². The lowest BCUT2D eigenvalue weighted by Gasteiger charge is -2.23. The number of benzene rings is 1. The zero-order valence-electron chi connectivity index (χ0n) is 12.9. The van der Waals surface area contributed by atoms with Crippen LogP contribution in [0.4, 0.5) is 10.1 Å². The topological polar surface area (TPSA) is 18.5 Å². The van der Waals surface area contributed by atoms with Crippen molar-refractivity contribution in [1.82, 2.24) is 10.2 Å². The van der Waals surface area contributed by atoms with Crippen molar-refractivity contribution in [2.24, 2.45) is 0 Å². The minimum absolute atomic E-state index is 0.131. The van der Waals surface area contributed by atoms with E-state index in [9.17, 15) is 4.39 Å². The van der Waals surface area contributed by atoms with Crippen molar-refractivity contribution in [3.63, 3.8) is 0 Å². The SMILES string of the molecule is CN(CCN1CCCC1)c1cc(F)cc(CNC2CC2)c1. The van der Waals surface area contributed by atoms with Crippen molar-refractivity contribution >= 4 is 5.69 Å². The lowest BCUT2D eigenvalue weighted by molar-refractivity contribution is 0.346. The fraction of sp³-hybridized carbons (Fsp3) is 0.647. The zero-order valence-corrected chi connectivity index (χ0v) is 12.9. The van der Waals surface area contributed by atoms with Crippen LogP contribution in [0.15, 0.2) is 18.2 Å². The van der Waals surface area contributed by atoms with Crippen LogP contribution in [0.5, 0.6) is 0 Å². The molecule has 0 spiro atoms. The van der Waals surface area contributed by atoms with Gasteiger partial charge in [0, 0.05) is 38.4 Å². The Morgan fingerprint density at radius 2 is 2.00 bits per heavy atom. The van der Waals surface area contributed by atoms with Gasteiger partial charge < -0.3 is 15.1 Å². The highest BCUT2D eigenvalue weighted by Gasteiger charge is 2.20. The van der Waals surface area contributed by atoms with E-state index in [1.807, 2.05) is 0 Å². The third kappa shape index (κ3) is 4.42.